The number of aliphatic hydroxyl groups excluding tert-OH is 1. The van der Waals surface area contributed by atoms with Crippen LogP contribution in [0.2, 0.25) is 5.02 Å². The van der Waals surface area contributed by atoms with Gasteiger partial charge in [0.2, 0.25) is 0 Å². The number of aliphatic hydroxyl groups is 1. The van der Waals surface area contributed by atoms with Crippen LogP contribution in [0.5, 0.6) is 11.5 Å². The van der Waals surface area contributed by atoms with Gasteiger partial charge in [0.05, 0.1) is 30.4 Å². The van der Waals surface area contributed by atoms with Crippen LogP contribution in [0.25, 0.3) is 5.76 Å². The van der Waals surface area contributed by atoms with E-state index in [1.54, 1.807) is 49.6 Å². The molecule has 0 radical (unpaired) electrons. The van der Waals surface area contributed by atoms with Crippen LogP contribution in [0.4, 0.5) is 11.4 Å². The Labute approximate surface area is 227 Å². The third kappa shape index (κ3) is 5.07. The fourth-order valence-electron chi connectivity index (χ4n) is 4.69. The number of carbonyl (C=O) groups excluding carboxylic acids is 2. The van der Waals surface area contributed by atoms with Gasteiger partial charge in [-0.15, -0.1) is 0 Å². The van der Waals surface area contributed by atoms with E-state index in [4.69, 9.17) is 21.1 Å². The quantitative estimate of drug-likeness (QED) is 0.199. The van der Waals surface area contributed by atoms with Crippen LogP contribution in [0, 0.1) is 0 Å². The molecular weight excluding hydrogens is 504 g/mol. The minimum Gasteiger partial charge on any atom is -0.507 e. The van der Waals surface area contributed by atoms with Crippen molar-refractivity contribution < 1.29 is 24.2 Å². The van der Waals surface area contributed by atoms with Gasteiger partial charge in [-0.1, -0.05) is 23.7 Å². The lowest BCUT2D eigenvalue weighted by Crippen LogP contribution is -2.29. The van der Waals surface area contributed by atoms with Crippen molar-refractivity contribution in [1.82, 2.24) is 0 Å². The van der Waals surface area contributed by atoms with Gasteiger partial charge < -0.3 is 19.5 Å². The van der Waals surface area contributed by atoms with Crippen molar-refractivity contribution in [1.29, 1.82) is 0 Å². The number of halogens is 1. The molecule has 8 heteroatoms. The summed E-state index contributed by atoms with van der Waals surface area (Å²) >= 11 is 6.24. The predicted molar refractivity (Wildman–Crippen MR) is 150 cm³/mol. The first-order valence-corrected chi connectivity index (χ1v) is 12.9. The maximum atomic E-state index is 13.5. The molecule has 1 aliphatic heterocycles. The van der Waals surface area contributed by atoms with E-state index in [0.29, 0.717) is 39.9 Å². The number of nitrogens with zero attached hydrogens (tertiary/aromatic N) is 2. The van der Waals surface area contributed by atoms with Gasteiger partial charge in [-0.25, -0.2) is 0 Å². The van der Waals surface area contributed by atoms with E-state index in [1.807, 2.05) is 31.2 Å². The molecule has 3 aromatic rings. The van der Waals surface area contributed by atoms with Gasteiger partial charge in [-0.05, 0) is 80.9 Å². The van der Waals surface area contributed by atoms with Gasteiger partial charge in [0, 0.05) is 30.0 Å². The molecule has 0 aliphatic carbocycles. The Balaban J connectivity index is 1.89. The summed E-state index contributed by atoms with van der Waals surface area (Å²) in [7, 11) is 1.56. The number of hydrogen-bond donors (Lipinski definition) is 1. The van der Waals surface area contributed by atoms with E-state index in [-0.39, 0.29) is 11.3 Å². The molecule has 1 fully saturated rings. The third-order valence-electron chi connectivity index (χ3n) is 6.64. The molecule has 1 heterocycles. The Kier molecular flexibility index (Phi) is 8.27. The summed E-state index contributed by atoms with van der Waals surface area (Å²) < 4.78 is 10.8. The second kappa shape index (κ2) is 11.6. The minimum absolute atomic E-state index is 0.00817. The lowest BCUT2D eigenvalue weighted by atomic mass is 9.94. The van der Waals surface area contributed by atoms with Gasteiger partial charge >= 0.3 is 0 Å². The third-order valence-corrected chi connectivity index (χ3v) is 6.95. The molecular formula is C30H31ClN2O5. The van der Waals surface area contributed by atoms with Gasteiger partial charge in [0.25, 0.3) is 11.7 Å². The van der Waals surface area contributed by atoms with E-state index < -0.39 is 17.7 Å². The van der Waals surface area contributed by atoms with Crippen LogP contribution in [0.1, 0.15) is 37.9 Å². The molecule has 1 amide bonds. The largest absolute Gasteiger partial charge is 0.507 e. The lowest BCUT2D eigenvalue weighted by molar-refractivity contribution is -0.132. The summed E-state index contributed by atoms with van der Waals surface area (Å²) in [5, 5.41) is 11.8. The topological polar surface area (TPSA) is 79.3 Å². The highest BCUT2D eigenvalue weighted by molar-refractivity contribution is 6.51. The SMILES string of the molecule is CCOc1cc(/C(O)=C2/C(=O)C(=O)N(c3ccc(OC)cc3)C2c2ccc(N(CC)CC)cc2)ccc1Cl. The first kappa shape index (κ1) is 27.1. The first-order valence-electron chi connectivity index (χ1n) is 12.6. The molecule has 0 bridgehead atoms. The second-order valence-electron chi connectivity index (χ2n) is 8.71. The van der Waals surface area contributed by atoms with Crippen molar-refractivity contribution in [2.45, 2.75) is 26.8 Å². The Morgan fingerprint density at radius 1 is 0.974 bits per heavy atom. The second-order valence-corrected chi connectivity index (χ2v) is 9.12. The summed E-state index contributed by atoms with van der Waals surface area (Å²) in [4.78, 5) is 30.5. The summed E-state index contributed by atoms with van der Waals surface area (Å²) in [5.41, 5.74) is 2.55. The Hall–Kier alpha value is -3.97. The van der Waals surface area contributed by atoms with E-state index in [9.17, 15) is 14.7 Å². The highest BCUT2D eigenvalue weighted by atomic mass is 35.5. The fourth-order valence-corrected chi connectivity index (χ4v) is 4.86. The normalized spacial score (nSPS) is 16.6. The van der Waals surface area contributed by atoms with Crippen LogP contribution in [0.3, 0.4) is 0 Å². The number of rotatable bonds is 9. The monoisotopic (exact) mass is 534 g/mol. The number of hydrogen-bond acceptors (Lipinski definition) is 6. The van der Waals surface area contributed by atoms with Crippen molar-refractivity contribution in [3.05, 3.63) is 88.5 Å². The highest BCUT2D eigenvalue weighted by Gasteiger charge is 2.47. The van der Waals surface area contributed by atoms with Gasteiger partial charge in [0.1, 0.15) is 17.3 Å². The molecule has 1 atom stereocenters. The molecule has 7 nitrogen and oxygen atoms in total. The number of methoxy groups -OCH3 is 1. The average Bonchev–Trinajstić information content (AvgIpc) is 3.20. The molecule has 1 unspecified atom stereocenters. The molecule has 1 N–H and O–H groups in total. The number of amides is 1. The summed E-state index contributed by atoms with van der Waals surface area (Å²) in [6.45, 7) is 8.06. The summed E-state index contributed by atoms with van der Waals surface area (Å²) in [6, 6.07) is 18.5. The Morgan fingerprint density at radius 2 is 1.63 bits per heavy atom. The Bertz CT molecular complexity index is 1350. The first-order chi connectivity index (χ1) is 18.3. The average molecular weight is 535 g/mol. The molecule has 0 aromatic heterocycles. The Morgan fingerprint density at radius 3 is 2.21 bits per heavy atom. The molecule has 3 aromatic carbocycles. The van der Waals surface area contributed by atoms with Crippen LogP contribution >= 0.6 is 11.6 Å². The van der Waals surface area contributed by atoms with Crippen molar-refractivity contribution in [3.8, 4) is 11.5 Å². The number of carbonyl (C=O) groups is 2. The van der Waals surface area contributed by atoms with E-state index >= 15 is 0 Å². The molecule has 1 saturated heterocycles. The van der Waals surface area contributed by atoms with Crippen LogP contribution in [0.15, 0.2) is 72.3 Å². The predicted octanol–water partition coefficient (Wildman–Crippen LogP) is 6.22. The fraction of sp³-hybridized carbons (Fsp3) is 0.267. The van der Waals surface area contributed by atoms with Gasteiger partial charge in [-0.2, -0.15) is 0 Å². The number of Topliss-reactive ketones (excluding diaryl/α,β-unsaturated/α-hetero) is 1. The smallest absolute Gasteiger partial charge is 0.300 e. The molecule has 1 aliphatic rings. The number of anilines is 2. The van der Waals surface area contributed by atoms with Crippen LogP contribution < -0.4 is 19.3 Å². The zero-order valence-corrected chi connectivity index (χ0v) is 22.7. The summed E-state index contributed by atoms with van der Waals surface area (Å²) in [6.07, 6.45) is 0. The van der Waals surface area contributed by atoms with E-state index in [2.05, 4.69) is 18.7 Å². The van der Waals surface area contributed by atoms with Crippen molar-refractivity contribution in [3.63, 3.8) is 0 Å². The molecule has 198 valence electrons. The van der Waals surface area contributed by atoms with Crippen LogP contribution in [-0.2, 0) is 9.59 Å². The standard InChI is InChI=1S/C30H31ClN2O5/c1-5-32(6-2)21-11-8-19(9-12-21)27-26(28(34)20-10-17-24(31)25(18-20)38-7-3)29(35)30(36)33(27)22-13-15-23(37-4)16-14-22/h8-18,27,34H,5-7H2,1-4H3/b28-26-. The molecule has 38 heavy (non-hydrogen) atoms. The maximum Gasteiger partial charge on any atom is 0.300 e. The van der Waals surface area contributed by atoms with Gasteiger partial charge in [0.15, 0.2) is 0 Å². The lowest BCUT2D eigenvalue weighted by Gasteiger charge is -2.27. The van der Waals surface area contributed by atoms with Gasteiger partial charge in [-0.3, -0.25) is 14.5 Å². The van der Waals surface area contributed by atoms with Crippen LogP contribution in [-0.4, -0.2) is 43.6 Å². The molecule has 0 saturated carbocycles. The van der Waals surface area contributed by atoms with E-state index in [0.717, 1.165) is 18.8 Å². The highest BCUT2D eigenvalue weighted by Crippen LogP contribution is 2.43. The van der Waals surface area contributed by atoms with Crippen molar-refractivity contribution in [2.75, 3.05) is 36.6 Å². The minimum atomic E-state index is -0.847. The zero-order chi connectivity index (χ0) is 27.4. The maximum absolute atomic E-state index is 13.5. The van der Waals surface area contributed by atoms with Crippen molar-refractivity contribution in [2.24, 2.45) is 0 Å². The van der Waals surface area contributed by atoms with Crippen molar-refractivity contribution >= 4 is 40.4 Å². The number of benzene rings is 3. The molecule has 4 rings (SSSR count). The number of ketones is 1. The molecule has 0 spiro atoms. The van der Waals surface area contributed by atoms with E-state index in [1.165, 1.54) is 4.90 Å². The summed E-state index contributed by atoms with van der Waals surface area (Å²) in [5.74, 6) is -0.801. The zero-order valence-electron chi connectivity index (χ0n) is 21.9. The number of ether oxygens (including phenoxy) is 2.